The molecule has 2 heterocycles. The van der Waals surface area contributed by atoms with Gasteiger partial charge in [0.15, 0.2) is 5.82 Å². The van der Waals surface area contributed by atoms with E-state index in [1.54, 1.807) is 7.11 Å². The van der Waals surface area contributed by atoms with Gasteiger partial charge >= 0.3 is 0 Å². The molecule has 0 N–H and O–H groups in total. The highest BCUT2D eigenvalue weighted by Gasteiger charge is 2.33. The first-order valence-corrected chi connectivity index (χ1v) is 9.40. The number of carbonyl (C=O) groups excluding carboxylic acids is 1. The number of amides is 1. The molecule has 2 aromatic rings. The van der Waals surface area contributed by atoms with Gasteiger partial charge in [-0.15, -0.1) is 0 Å². The molecule has 146 valence electrons. The molecule has 3 rings (SSSR count). The van der Waals surface area contributed by atoms with Crippen molar-refractivity contribution in [2.75, 3.05) is 26.9 Å². The monoisotopic (exact) mass is 373 g/mol. The van der Waals surface area contributed by atoms with Crippen LogP contribution < -0.4 is 0 Å². The second-order valence-electron chi connectivity index (χ2n) is 7.02. The minimum Gasteiger partial charge on any atom is -0.382 e. The standard InChI is InChI=1S/C20H27N3O4/c1-14(2)15-6-8-16(9-7-15)20(24)23-10-4-5-17(23)19-21-18(27-22-19)13-26-12-11-25-3/h6-9,14,17H,4-5,10-13H2,1-3H3. The summed E-state index contributed by atoms with van der Waals surface area (Å²) in [5, 5.41) is 4.07. The van der Waals surface area contributed by atoms with Gasteiger partial charge in [-0.25, -0.2) is 0 Å². The molecule has 7 heteroatoms. The Hall–Kier alpha value is -2.25. The van der Waals surface area contributed by atoms with Crippen LogP contribution in [0.25, 0.3) is 0 Å². The number of aromatic nitrogens is 2. The first kappa shape index (κ1) is 19.5. The summed E-state index contributed by atoms with van der Waals surface area (Å²) in [7, 11) is 1.62. The first-order chi connectivity index (χ1) is 13.1. The van der Waals surface area contributed by atoms with Crippen LogP contribution in [-0.2, 0) is 16.1 Å². The molecule has 0 aliphatic carbocycles. The van der Waals surface area contributed by atoms with Crippen molar-refractivity contribution in [3.63, 3.8) is 0 Å². The van der Waals surface area contributed by atoms with Gasteiger partial charge in [-0.05, 0) is 36.5 Å². The van der Waals surface area contributed by atoms with Crippen molar-refractivity contribution in [1.29, 1.82) is 0 Å². The third kappa shape index (κ3) is 4.73. The lowest BCUT2D eigenvalue weighted by Gasteiger charge is -2.22. The van der Waals surface area contributed by atoms with Crippen molar-refractivity contribution in [1.82, 2.24) is 15.0 Å². The third-order valence-corrected chi connectivity index (χ3v) is 4.78. The zero-order valence-corrected chi connectivity index (χ0v) is 16.2. The summed E-state index contributed by atoms with van der Waals surface area (Å²) < 4.78 is 15.6. The zero-order chi connectivity index (χ0) is 19.2. The third-order valence-electron chi connectivity index (χ3n) is 4.78. The van der Waals surface area contributed by atoms with Crippen LogP contribution in [0.15, 0.2) is 28.8 Å². The molecule has 1 aliphatic heterocycles. The average Bonchev–Trinajstić information content (AvgIpc) is 3.34. The molecule has 1 amide bonds. The van der Waals surface area contributed by atoms with Crippen LogP contribution in [0, 0.1) is 0 Å². The van der Waals surface area contributed by atoms with E-state index in [1.807, 2.05) is 29.2 Å². The molecular formula is C20H27N3O4. The van der Waals surface area contributed by atoms with E-state index >= 15 is 0 Å². The van der Waals surface area contributed by atoms with Gasteiger partial charge in [0.2, 0.25) is 0 Å². The summed E-state index contributed by atoms with van der Waals surface area (Å²) in [6.07, 6.45) is 1.76. The molecule has 0 radical (unpaired) electrons. The molecule has 27 heavy (non-hydrogen) atoms. The van der Waals surface area contributed by atoms with Crippen LogP contribution in [0.5, 0.6) is 0 Å². The highest BCUT2D eigenvalue weighted by Crippen LogP contribution is 2.31. The van der Waals surface area contributed by atoms with Crippen LogP contribution in [0.2, 0.25) is 0 Å². The average molecular weight is 373 g/mol. The Morgan fingerprint density at radius 3 is 2.78 bits per heavy atom. The molecule has 1 aromatic carbocycles. The van der Waals surface area contributed by atoms with Gasteiger partial charge in [-0.2, -0.15) is 4.98 Å². The minimum absolute atomic E-state index is 0.00972. The number of rotatable bonds is 8. The van der Waals surface area contributed by atoms with Crippen LogP contribution in [0.1, 0.15) is 66.3 Å². The molecule has 1 aromatic heterocycles. The smallest absolute Gasteiger partial charge is 0.254 e. The molecule has 1 unspecified atom stereocenters. The second kappa shape index (κ2) is 9.10. The highest BCUT2D eigenvalue weighted by atomic mass is 16.5. The molecule has 0 spiro atoms. The fourth-order valence-corrected chi connectivity index (χ4v) is 3.22. The molecule has 1 aliphatic rings. The van der Waals surface area contributed by atoms with Crippen molar-refractivity contribution in [3.05, 3.63) is 47.1 Å². The number of benzene rings is 1. The lowest BCUT2D eigenvalue weighted by molar-refractivity contribution is 0.0494. The Labute approximate surface area is 159 Å². The molecule has 7 nitrogen and oxygen atoms in total. The van der Waals surface area contributed by atoms with Gasteiger partial charge in [0.05, 0.1) is 19.3 Å². The summed E-state index contributed by atoms with van der Waals surface area (Å²) in [6, 6.07) is 7.69. The maximum absolute atomic E-state index is 13.0. The fraction of sp³-hybridized carbons (Fsp3) is 0.550. The summed E-state index contributed by atoms with van der Waals surface area (Å²) in [4.78, 5) is 19.2. The first-order valence-electron chi connectivity index (χ1n) is 9.40. The predicted molar refractivity (Wildman–Crippen MR) is 99.4 cm³/mol. The van der Waals surface area contributed by atoms with Gasteiger partial charge in [0.1, 0.15) is 6.61 Å². The van der Waals surface area contributed by atoms with Gasteiger partial charge in [0, 0.05) is 19.2 Å². The Kier molecular flexibility index (Phi) is 6.58. The maximum Gasteiger partial charge on any atom is 0.254 e. The van der Waals surface area contributed by atoms with Gasteiger partial charge < -0.3 is 18.9 Å². The van der Waals surface area contributed by atoms with E-state index in [0.29, 0.717) is 43.0 Å². The Bertz CT molecular complexity index is 742. The lowest BCUT2D eigenvalue weighted by atomic mass is 10.0. The number of hydrogen-bond acceptors (Lipinski definition) is 6. The highest BCUT2D eigenvalue weighted by molar-refractivity contribution is 5.94. The van der Waals surface area contributed by atoms with E-state index in [9.17, 15) is 4.79 Å². The van der Waals surface area contributed by atoms with E-state index in [4.69, 9.17) is 14.0 Å². The van der Waals surface area contributed by atoms with Crippen molar-refractivity contribution in [2.45, 2.75) is 45.3 Å². The molecule has 1 atom stereocenters. The van der Waals surface area contributed by atoms with Gasteiger partial charge in [0.25, 0.3) is 11.8 Å². The summed E-state index contributed by atoms with van der Waals surface area (Å²) in [5.74, 6) is 1.42. The second-order valence-corrected chi connectivity index (χ2v) is 7.02. The molecule has 1 saturated heterocycles. The molecule has 0 saturated carbocycles. The molecule has 1 fully saturated rings. The van der Waals surface area contributed by atoms with E-state index in [1.165, 1.54) is 5.56 Å². The number of likely N-dealkylation sites (tertiary alicyclic amines) is 1. The Morgan fingerprint density at radius 2 is 2.07 bits per heavy atom. The predicted octanol–water partition coefficient (Wildman–Crippen LogP) is 3.33. The summed E-state index contributed by atoms with van der Waals surface area (Å²) >= 11 is 0. The maximum atomic E-state index is 13.0. The topological polar surface area (TPSA) is 77.7 Å². The number of ether oxygens (including phenoxy) is 2. The van der Waals surface area contributed by atoms with E-state index in [2.05, 4.69) is 24.0 Å². The Balaban J connectivity index is 1.66. The summed E-state index contributed by atoms with van der Waals surface area (Å²) in [5.41, 5.74) is 1.92. The molecular weight excluding hydrogens is 346 g/mol. The van der Waals surface area contributed by atoms with E-state index in [0.717, 1.165) is 12.8 Å². The fourth-order valence-electron chi connectivity index (χ4n) is 3.22. The number of methoxy groups -OCH3 is 1. The SMILES string of the molecule is COCCOCc1nc(C2CCCN2C(=O)c2ccc(C(C)C)cc2)no1. The van der Waals surface area contributed by atoms with Crippen molar-refractivity contribution in [2.24, 2.45) is 0 Å². The normalized spacial score (nSPS) is 17.0. The van der Waals surface area contributed by atoms with Crippen LogP contribution in [0.4, 0.5) is 0 Å². The van der Waals surface area contributed by atoms with Crippen molar-refractivity contribution >= 4 is 5.91 Å². The Morgan fingerprint density at radius 1 is 1.30 bits per heavy atom. The van der Waals surface area contributed by atoms with E-state index in [-0.39, 0.29) is 18.6 Å². The number of nitrogens with zero attached hydrogens (tertiary/aromatic N) is 3. The van der Waals surface area contributed by atoms with Gasteiger partial charge in [-0.1, -0.05) is 31.1 Å². The zero-order valence-electron chi connectivity index (χ0n) is 16.2. The van der Waals surface area contributed by atoms with Crippen molar-refractivity contribution in [3.8, 4) is 0 Å². The summed E-state index contributed by atoms with van der Waals surface area (Å²) in [6.45, 7) is 6.20. The lowest BCUT2D eigenvalue weighted by Crippen LogP contribution is -2.31. The minimum atomic E-state index is -0.154. The molecule has 0 bridgehead atoms. The quantitative estimate of drug-likeness (QED) is 0.661. The largest absolute Gasteiger partial charge is 0.382 e. The van der Waals surface area contributed by atoms with Crippen molar-refractivity contribution < 1.29 is 18.8 Å². The van der Waals surface area contributed by atoms with Crippen LogP contribution >= 0.6 is 0 Å². The van der Waals surface area contributed by atoms with Crippen LogP contribution in [-0.4, -0.2) is 47.8 Å². The number of carbonyl (C=O) groups is 1. The van der Waals surface area contributed by atoms with Gasteiger partial charge in [-0.3, -0.25) is 4.79 Å². The van der Waals surface area contributed by atoms with E-state index < -0.39 is 0 Å². The number of hydrogen-bond donors (Lipinski definition) is 0. The van der Waals surface area contributed by atoms with Crippen LogP contribution in [0.3, 0.4) is 0 Å².